The molecule has 18 heavy (non-hydrogen) atoms. The molecule has 2 saturated heterocycles. The zero-order valence-electron chi connectivity index (χ0n) is 10.8. The Hall–Kier alpha value is -0.650. The predicted molar refractivity (Wildman–Crippen MR) is 75.9 cm³/mol. The van der Waals surface area contributed by atoms with Gasteiger partial charge in [0.05, 0.1) is 5.69 Å². The van der Waals surface area contributed by atoms with Gasteiger partial charge in [-0.15, -0.1) is 11.3 Å². The third kappa shape index (κ3) is 2.84. The summed E-state index contributed by atoms with van der Waals surface area (Å²) in [5.41, 5.74) is 6.81. The molecule has 100 valence electrons. The van der Waals surface area contributed by atoms with Crippen molar-refractivity contribution in [2.75, 3.05) is 38.5 Å². The first-order valence-corrected chi connectivity index (χ1v) is 7.85. The van der Waals surface area contributed by atoms with Crippen LogP contribution < -0.4 is 5.73 Å². The average molecular weight is 266 g/mol. The topological polar surface area (TPSA) is 45.4 Å². The molecule has 2 fully saturated rings. The monoisotopic (exact) mass is 266 g/mol. The molecule has 0 aromatic carbocycles. The van der Waals surface area contributed by atoms with Crippen molar-refractivity contribution in [3.05, 3.63) is 11.1 Å². The highest BCUT2D eigenvalue weighted by Gasteiger charge is 2.28. The minimum Gasteiger partial charge on any atom is -0.375 e. The zero-order valence-corrected chi connectivity index (χ0v) is 11.7. The Kier molecular flexibility index (Phi) is 3.82. The largest absolute Gasteiger partial charge is 0.375 e. The molecule has 0 radical (unpaired) electrons. The third-order valence-corrected chi connectivity index (χ3v) is 4.88. The minimum atomic E-state index is 0.696. The summed E-state index contributed by atoms with van der Waals surface area (Å²) >= 11 is 1.55. The standard InChI is InChI=1S/C13H22N4S/c14-13-15-11(10-18-13)3-7-16-8-4-12(9-16)17-5-1-2-6-17/h10,12H,1-9H2,(H2,14,15). The van der Waals surface area contributed by atoms with Gasteiger partial charge in [0.2, 0.25) is 0 Å². The summed E-state index contributed by atoms with van der Waals surface area (Å²) in [5.74, 6) is 0. The molecule has 5 heteroatoms. The number of thiazole rings is 1. The molecule has 0 saturated carbocycles. The number of aromatic nitrogens is 1. The number of nitrogens with zero attached hydrogens (tertiary/aromatic N) is 3. The van der Waals surface area contributed by atoms with Crippen LogP contribution in [0.4, 0.5) is 5.13 Å². The van der Waals surface area contributed by atoms with E-state index in [1.807, 2.05) is 0 Å². The number of anilines is 1. The van der Waals surface area contributed by atoms with Crippen molar-refractivity contribution in [2.45, 2.75) is 31.7 Å². The second-order valence-electron chi connectivity index (χ2n) is 5.41. The van der Waals surface area contributed by atoms with Gasteiger partial charge in [-0.1, -0.05) is 0 Å². The molecule has 0 bridgehead atoms. The highest BCUT2D eigenvalue weighted by atomic mass is 32.1. The first-order chi connectivity index (χ1) is 8.81. The molecule has 0 amide bonds. The number of rotatable bonds is 4. The van der Waals surface area contributed by atoms with Gasteiger partial charge in [0.1, 0.15) is 0 Å². The maximum atomic E-state index is 5.65. The Balaban J connectivity index is 1.44. The summed E-state index contributed by atoms with van der Waals surface area (Å²) in [4.78, 5) is 9.59. The fraction of sp³-hybridized carbons (Fsp3) is 0.769. The average Bonchev–Trinajstić information content (AvgIpc) is 3.07. The van der Waals surface area contributed by atoms with Crippen LogP contribution in [-0.2, 0) is 6.42 Å². The second kappa shape index (κ2) is 5.55. The Morgan fingerprint density at radius 1 is 1.33 bits per heavy atom. The fourth-order valence-corrected chi connectivity index (χ4v) is 3.73. The van der Waals surface area contributed by atoms with Gasteiger partial charge in [-0.2, -0.15) is 0 Å². The van der Waals surface area contributed by atoms with Gasteiger partial charge in [0.25, 0.3) is 0 Å². The van der Waals surface area contributed by atoms with Crippen LogP contribution >= 0.6 is 11.3 Å². The molecule has 2 aliphatic heterocycles. The molecule has 1 aromatic rings. The van der Waals surface area contributed by atoms with Gasteiger partial charge in [0.15, 0.2) is 5.13 Å². The quantitative estimate of drug-likeness (QED) is 0.895. The molecular formula is C13H22N4S. The molecule has 1 unspecified atom stereocenters. The van der Waals surface area contributed by atoms with Crippen LogP contribution in [0.1, 0.15) is 25.0 Å². The summed E-state index contributed by atoms with van der Waals surface area (Å²) in [5, 5.41) is 2.78. The van der Waals surface area contributed by atoms with Crippen LogP contribution in [0, 0.1) is 0 Å². The maximum absolute atomic E-state index is 5.65. The van der Waals surface area contributed by atoms with Crippen molar-refractivity contribution in [3.63, 3.8) is 0 Å². The van der Waals surface area contributed by atoms with Gasteiger partial charge in [0, 0.05) is 30.9 Å². The molecule has 0 aliphatic carbocycles. The van der Waals surface area contributed by atoms with Crippen molar-refractivity contribution >= 4 is 16.5 Å². The van der Waals surface area contributed by atoms with E-state index in [9.17, 15) is 0 Å². The molecule has 3 heterocycles. The normalized spacial score (nSPS) is 26.1. The summed E-state index contributed by atoms with van der Waals surface area (Å²) in [6, 6.07) is 0.813. The van der Waals surface area contributed by atoms with Crippen LogP contribution in [0.3, 0.4) is 0 Å². The van der Waals surface area contributed by atoms with Crippen molar-refractivity contribution < 1.29 is 0 Å². The maximum Gasteiger partial charge on any atom is 0.180 e. The van der Waals surface area contributed by atoms with Crippen molar-refractivity contribution in [3.8, 4) is 0 Å². The number of hydrogen-bond acceptors (Lipinski definition) is 5. The van der Waals surface area contributed by atoms with Crippen molar-refractivity contribution in [1.82, 2.24) is 14.8 Å². The van der Waals surface area contributed by atoms with E-state index in [1.165, 1.54) is 45.4 Å². The first-order valence-electron chi connectivity index (χ1n) is 6.97. The Labute approximate surface area is 113 Å². The zero-order chi connectivity index (χ0) is 12.4. The lowest BCUT2D eigenvalue weighted by Crippen LogP contribution is -2.35. The summed E-state index contributed by atoms with van der Waals surface area (Å²) < 4.78 is 0. The highest BCUT2D eigenvalue weighted by Crippen LogP contribution is 2.20. The van der Waals surface area contributed by atoms with E-state index in [0.717, 1.165) is 24.7 Å². The van der Waals surface area contributed by atoms with E-state index in [0.29, 0.717) is 5.13 Å². The number of likely N-dealkylation sites (tertiary alicyclic amines) is 2. The van der Waals surface area contributed by atoms with Crippen LogP contribution in [0.15, 0.2) is 5.38 Å². The van der Waals surface area contributed by atoms with Gasteiger partial charge in [-0.25, -0.2) is 4.98 Å². The van der Waals surface area contributed by atoms with Crippen LogP contribution in [0.5, 0.6) is 0 Å². The third-order valence-electron chi connectivity index (χ3n) is 4.16. The minimum absolute atomic E-state index is 0.696. The number of hydrogen-bond donors (Lipinski definition) is 1. The second-order valence-corrected chi connectivity index (χ2v) is 6.30. The predicted octanol–water partition coefficient (Wildman–Crippen LogP) is 1.44. The van der Waals surface area contributed by atoms with E-state index in [1.54, 1.807) is 11.3 Å². The summed E-state index contributed by atoms with van der Waals surface area (Å²) in [6.07, 6.45) is 5.18. The van der Waals surface area contributed by atoms with E-state index in [-0.39, 0.29) is 0 Å². The first kappa shape index (κ1) is 12.4. The molecule has 2 N–H and O–H groups in total. The Morgan fingerprint density at radius 3 is 2.89 bits per heavy atom. The highest BCUT2D eigenvalue weighted by molar-refractivity contribution is 7.13. The molecule has 3 rings (SSSR count). The van der Waals surface area contributed by atoms with Crippen LogP contribution in [0.2, 0.25) is 0 Å². The molecule has 4 nitrogen and oxygen atoms in total. The van der Waals surface area contributed by atoms with Gasteiger partial charge < -0.3 is 10.6 Å². The van der Waals surface area contributed by atoms with Crippen LogP contribution in [0.25, 0.3) is 0 Å². The van der Waals surface area contributed by atoms with Gasteiger partial charge >= 0.3 is 0 Å². The van der Waals surface area contributed by atoms with Crippen LogP contribution in [-0.4, -0.2) is 53.5 Å². The molecule has 2 aliphatic rings. The van der Waals surface area contributed by atoms with E-state index < -0.39 is 0 Å². The molecule has 0 spiro atoms. The molecule has 1 aromatic heterocycles. The smallest absolute Gasteiger partial charge is 0.180 e. The molecule has 1 atom stereocenters. The van der Waals surface area contributed by atoms with Crippen molar-refractivity contribution in [2.24, 2.45) is 0 Å². The number of nitrogen functional groups attached to an aromatic ring is 1. The van der Waals surface area contributed by atoms with Gasteiger partial charge in [-0.05, 0) is 38.9 Å². The Morgan fingerprint density at radius 2 is 2.17 bits per heavy atom. The van der Waals surface area contributed by atoms with Gasteiger partial charge in [-0.3, -0.25) is 4.90 Å². The number of nitrogens with two attached hydrogens (primary N) is 1. The lowest BCUT2D eigenvalue weighted by Gasteiger charge is -2.23. The summed E-state index contributed by atoms with van der Waals surface area (Å²) in [7, 11) is 0. The lowest BCUT2D eigenvalue weighted by atomic mass is 10.2. The van der Waals surface area contributed by atoms with Crippen molar-refractivity contribution in [1.29, 1.82) is 0 Å². The van der Waals surface area contributed by atoms with E-state index >= 15 is 0 Å². The van der Waals surface area contributed by atoms with E-state index in [4.69, 9.17) is 5.73 Å². The Bertz CT molecular complexity index is 386. The lowest BCUT2D eigenvalue weighted by molar-refractivity contribution is 0.233. The molecular weight excluding hydrogens is 244 g/mol. The van der Waals surface area contributed by atoms with E-state index in [2.05, 4.69) is 20.2 Å². The SMILES string of the molecule is Nc1nc(CCN2CCC(N3CCCC3)C2)cs1. The summed E-state index contributed by atoms with van der Waals surface area (Å²) in [6.45, 7) is 6.27. The fourth-order valence-electron chi connectivity index (χ4n) is 3.13.